The summed E-state index contributed by atoms with van der Waals surface area (Å²) in [6, 6.07) is 17.4. The summed E-state index contributed by atoms with van der Waals surface area (Å²) in [5.41, 5.74) is 3.35. The number of thiocarbonyl (C=S) groups is 4. The molecule has 2 atom stereocenters. The van der Waals surface area contributed by atoms with Gasteiger partial charge in [-0.05, 0) is 199 Å². The number of hydroxylamine groups is 6. The molecule has 1 saturated heterocycles. The van der Waals surface area contributed by atoms with E-state index in [4.69, 9.17) is 72.9 Å². The van der Waals surface area contributed by atoms with Crippen LogP contribution in [-0.2, 0) is 70.4 Å². The molecule has 2 aromatic heterocycles. The molecule has 2 unspecified atom stereocenters. The Labute approximate surface area is 786 Å². The molecule has 4 aromatic rings. The summed E-state index contributed by atoms with van der Waals surface area (Å²) in [4.78, 5) is 160. The number of aromatic nitrogens is 2. The number of carbonyl (C=O) groups is 12. The normalized spacial score (nSPS) is 13.4. The topological polar surface area (TPSA) is 593 Å². The number of aliphatic carboxylic acids is 3. The van der Waals surface area contributed by atoms with Crippen LogP contribution in [-0.4, -0.2) is 342 Å². The molecule has 0 aliphatic carbocycles. The lowest BCUT2D eigenvalue weighted by atomic mass is 10.1. The first-order valence-corrected chi connectivity index (χ1v) is 45.0. The average molecular weight is 1930 g/mol. The molecule has 7 amide bonds. The number of carboxylic acids is 5. The smallest absolute Gasteiger partial charge is 0.354 e. The van der Waals surface area contributed by atoms with Gasteiger partial charge in [0.05, 0.1) is 77.2 Å². The number of nitrogens with one attached hydrogen (secondary N) is 12. The highest BCUT2D eigenvalue weighted by molar-refractivity contribution is 7.81. The molecule has 0 radical (unpaired) electrons. The lowest BCUT2D eigenvalue weighted by Crippen LogP contribution is -2.51. The second-order valence-corrected chi connectivity index (χ2v) is 31.9. The van der Waals surface area contributed by atoms with Crippen LogP contribution in [0.3, 0.4) is 0 Å². The largest absolute Gasteiger partial charge is 0.481 e. The number of hydrogen-bond acceptors (Lipinski definition) is 28. The minimum Gasteiger partial charge on any atom is -0.481 e. The Balaban J connectivity index is 1.06. The van der Waals surface area contributed by atoms with E-state index in [1.807, 2.05) is 15.1 Å². The summed E-state index contributed by atoms with van der Waals surface area (Å²) in [6.07, 6.45) is 4.37. The van der Waals surface area contributed by atoms with E-state index in [1.54, 1.807) is 66.7 Å². The zero-order chi connectivity index (χ0) is 96.4. The number of nitrogens with zero attached hydrogens (tertiary/aromatic N) is 8. The molecule has 1 aliphatic heterocycles. The predicted molar refractivity (Wildman–Crippen MR) is 500 cm³/mol. The van der Waals surface area contributed by atoms with Gasteiger partial charge in [-0.15, -0.1) is 0 Å². The number of anilines is 4. The maximum atomic E-state index is 14.1. The first-order chi connectivity index (χ1) is 63.3. The SMILES string of the molecule is CC(=O)N(O)CCCCCNC(=O)CCC(=O)N(O)CCCCCNC(=O)CCC(=O)N(O)CCCCCNC(=S)Nc1ccc(NC(=S)NCCN(CCNC(=S)Nc2cc(CN3CCOCCOCCN(Cc4cccc(C(=O)O)n4)CCOCCOCC3)nc(C(=O)O)c2)CC(=O)c2ccc(NC(=S)NCCCCC(NC(=O)NC(CC(=O)O)C(=O)O)C(=O)O)cc2)cc1. The maximum Gasteiger partial charge on any atom is 0.354 e. The maximum absolute atomic E-state index is 14.1. The number of benzene rings is 2. The molecule has 1 fully saturated rings. The number of carbonyl (C=O) groups excluding carboxylic acids is 7. The van der Waals surface area contributed by atoms with Gasteiger partial charge >= 0.3 is 35.9 Å². The summed E-state index contributed by atoms with van der Waals surface area (Å²) in [5, 5.41) is 115. The number of aromatic carboxylic acids is 2. The third-order valence-electron chi connectivity index (χ3n) is 19.7. The number of urea groups is 1. The monoisotopic (exact) mass is 1920 g/mol. The molecule has 728 valence electrons. The van der Waals surface area contributed by atoms with Crippen LogP contribution >= 0.6 is 48.9 Å². The molecular weight excluding hydrogens is 1800 g/mol. The highest BCUT2D eigenvalue weighted by atomic mass is 32.1. The van der Waals surface area contributed by atoms with Crippen LogP contribution in [0.2, 0.25) is 0 Å². The summed E-state index contributed by atoms with van der Waals surface area (Å²) >= 11 is 22.4. The van der Waals surface area contributed by atoms with Gasteiger partial charge in [0.1, 0.15) is 17.8 Å². The van der Waals surface area contributed by atoms with Gasteiger partial charge in [-0.3, -0.25) is 63.9 Å². The number of carboxylic acid groups (broad SMARTS) is 5. The van der Waals surface area contributed by atoms with Crippen molar-refractivity contribution in [1.82, 2.24) is 82.4 Å². The fourth-order valence-electron chi connectivity index (χ4n) is 12.5. The zero-order valence-electron chi connectivity index (χ0n) is 73.9. The predicted octanol–water partition coefficient (Wildman–Crippen LogP) is 4.12. The van der Waals surface area contributed by atoms with E-state index in [-0.39, 0.29) is 142 Å². The van der Waals surface area contributed by atoms with Crippen LogP contribution in [0.4, 0.5) is 27.5 Å². The van der Waals surface area contributed by atoms with Crippen LogP contribution in [0, 0.1) is 0 Å². The number of Topliss-reactive ketones (excluding diaryl/α,β-unsaturated/α-hetero) is 1. The van der Waals surface area contributed by atoms with Gasteiger partial charge in [-0.1, -0.05) is 6.07 Å². The highest BCUT2D eigenvalue weighted by Gasteiger charge is 2.27. The number of pyridine rings is 2. The summed E-state index contributed by atoms with van der Waals surface area (Å²) < 4.78 is 23.7. The minimum absolute atomic E-state index is 0.0388. The van der Waals surface area contributed by atoms with Crippen molar-refractivity contribution in [3.05, 3.63) is 107 Å². The standard InChI is InChI=1S/C84H124N20O24S4/c1-58(105)102(122)35-10-2-6-29-85-71(107)25-27-73(109)103(123)36-11-3-7-30-86-72(108)26-28-74(110)104(124)37-12-4-8-31-87-81(129)94-61-21-23-62(24-22-61)95-83(131)89-33-38-99(57-70(106)59-17-19-60(20-18-59)93-82(130)88-32-9-5-15-67(77(115)116)97-80(121)98-69(79(119)120)54-75(111)112)39-34-90-84(132)96-64-52-65(92-68(53-64)78(117)118)56-101-42-46-127-50-48-125-44-40-100(41-45-126-49-51-128-47-43-101)55-63-14-13-16-66(91-63)76(113)114/h13-14,16-24,52-53,67,69,122-124H,2-12,15,25-51,54-57H2,1H3,(H,85,107)(H,86,108)(H,111,112)(H,113,114)(H,115,116)(H,117,118)(H,119,120)(H2,87,94,129)(H2,88,93,130)(H2,89,95,131)(H2,97,98,121)(H2,90,92,96,132). The van der Waals surface area contributed by atoms with Crippen LogP contribution in [0.25, 0.3) is 0 Å². The van der Waals surface area contributed by atoms with Gasteiger partial charge in [0, 0.05) is 172 Å². The Morgan fingerprint density at radius 1 is 0.417 bits per heavy atom. The van der Waals surface area contributed by atoms with E-state index in [0.717, 1.165) is 0 Å². The zero-order valence-corrected chi connectivity index (χ0v) is 77.2. The Morgan fingerprint density at radius 3 is 1.24 bits per heavy atom. The van der Waals surface area contributed by atoms with Crippen molar-refractivity contribution in [3.63, 3.8) is 0 Å². The molecule has 0 bridgehead atoms. The molecule has 48 heteroatoms. The number of rotatable bonds is 54. The molecule has 20 N–H and O–H groups in total. The Morgan fingerprint density at radius 2 is 0.811 bits per heavy atom. The third-order valence-corrected chi connectivity index (χ3v) is 20.7. The lowest BCUT2D eigenvalue weighted by Gasteiger charge is -2.24. The van der Waals surface area contributed by atoms with Crippen molar-refractivity contribution in [3.8, 4) is 0 Å². The number of ether oxygens (including phenoxy) is 4. The first-order valence-electron chi connectivity index (χ1n) is 43.4. The minimum atomic E-state index is -1.78. The molecule has 0 spiro atoms. The van der Waals surface area contributed by atoms with Crippen LogP contribution < -0.4 is 63.8 Å². The van der Waals surface area contributed by atoms with Crippen molar-refractivity contribution >= 4 is 163 Å². The van der Waals surface area contributed by atoms with E-state index in [1.165, 1.54) is 19.1 Å². The summed E-state index contributed by atoms with van der Waals surface area (Å²) in [7, 11) is 0. The van der Waals surface area contributed by atoms with Crippen molar-refractivity contribution in [2.75, 3.05) is 179 Å². The van der Waals surface area contributed by atoms with Crippen LogP contribution in [0.15, 0.2) is 78.9 Å². The van der Waals surface area contributed by atoms with Crippen molar-refractivity contribution in [2.45, 2.75) is 141 Å². The van der Waals surface area contributed by atoms with Crippen LogP contribution in [0.1, 0.15) is 159 Å². The molecule has 5 rings (SSSR count). The molecule has 44 nitrogen and oxygen atoms in total. The number of ketones is 1. The van der Waals surface area contributed by atoms with Gasteiger partial charge in [-0.25, -0.2) is 49.1 Å². The Hall–Kier alpha value is -11.3. The Kier molecular flexibility index (Phi) is 54.4. The van der Waals surface area contributed by atoms with Crippen molar-refractivity contribution < 1.29 is 118 Å². The second-order valence-electron chi connectivity index (χ2n) is 30.3. The Bertz CT molecular complexity index is 4350. The first kappa shape index (κ1) is 111. The summed E-state index contributed by atoms with van der Waals surface area (Å²) in [6.45, 7) is 9.19. The van der Waals surface area contributed by atoms with Crippen molar-refractivity contribution in [1.29, 1.82) is 0 Å². The lowest BCUT2D eigenvalue weighted by molar-refractivity contribution is -0.166. The van der Waals surface area contributed by atoms with E-state index in [0.29, 0.717) is 236 Å². The number of amides is 7. The summed E-state index contributed by atoms with van der Waals surface area (Å²) in [5.74, 6) is -9.42. The molecular formula is C84H124N20O24S4. The highest BCUT2D eigenvalue weighted by Crippen LogP contribution is 2.18. The van der Waals surface area contributed by atoms with E-state index in [2.05, 4.69) is 73.4 Å². The fourth-order valence-corrected chi connectivity index (χ4v) is 13.4. The van der Waals surface area contributed by atoms with E-state index >= 15 is 0 Å². The van der Waals surface area contributed by atoms with Crippen LogP contribution in [0.5, 0.6) is 0 Å². The average Bonchev–Trinajstić information content (AvgIpc) is 0.840. The third kappa shape index (κ3) is 49.8. The van der Waals surface area contributed by atoms with Gasteiger partial charge in [0.25, 0.3) is 0 Å². The molecule has 3 heterocycles. The van der Waals surface area contributed by atoms with Crippen molar-refractivity contribution in [2.24, 2.45) is 0 Å². The molecule has 132 heavy (non-hydrogen) atoms. The van der Waals surface area contributed by atoms with E-state index in [9.17, 15) is 93.6 Å². The molecule has 0 saturated carbocycles. The van der Waals surface area contributed by atoms with Gasteiger partial charge < -0.3 is 108 Å². The fraction of sp³-hybridized carbons (Fsp3) is 0.548. The molecule has 1 aliphatic rings. The number of unbranched alkanes of at least 4 members (excludes halogenated alkanes) is 7. The number of hydrogen-bond donors (Lipinski definition) is 20. The van der Waals surface area contributed by atoms with Gasteiger partial charge in [0.2, 0.25) is 29.5 Å². The van der Waals surface area contributed by atoms with Gasteiger partial charge in [0.15, 0.2) is 31.9 Å². The molecule has 2 aromatic carbocycles. The second kappa shape index (κ2) is 64.5. The van der Waals surface area contributed by atoms with E-state index < -0.39 is 72.1 Å². The quantitative estimate of drug-likeness (QED) is 0.00972. The van der Waals surface area contributed by atoms with Gasteiger partial charge in [-0.2, -0.15) is 0 Å².